The summed E-state index contributed by atoms with van der Waals surface area (Å²) in [5.74, 6) is -0.362. The third kappa shape index (κ3) is 5.41. The Balaban J connectivity index is 2.09. The molecule has 0 spiro atoms. The fraction of sp³-hybridized carbons (Fsp3) is 0.250. The molecule has 6 nitrogen and oxygen atoms in total. The van der Waals surface area contributed by atoms with Gasteiger partial charge < -0.3 is 9.84 Å². The van der Waals surface area contributed by atoms with E-state index in [9.17, 15) is 23.1 Å². The number of benzene rings is 1. The molecule has 0 atom stereocenters. The zero-order valence-electron chi connectivity index (χ0n) is 15.6. The quantitative estimate of drug-likeness (QED) is 0.703. The van der Waals surface area contributed by atoms with Gasteiger partial charge in [-0.05, 0) is 56.3 Å². The maximum atomic E-state index is 12.9. The van der Waals surface area contributed by atoms with Crippen LogP contribution in [0.1, 0.15) is 19.4 Å². The Labute approximate surface area is 164 Å². The number of hydrogen-bond acceptors (Lipinski definition) is 5. The monoisotopic (exact) mass is 405 g/mol. The van der Waals surface area contributed by atoms with Crippen molar-refractivity contribution in [3.8, 4) is 22.7 Å². The van der Waals surface area contributed by atoms with E-state index in [-0.39, 0.29) is 12.2 Å². The Morgan fingerprint density at radius 1 is 1.14 bits per heavy atom. The van der Waals surface area contributed by atoms with Gasteiger partial charge in [0.15, 0.2) is 0 Å². The standard InChI is InChI=1S/C20H18F3N3O3/c1-19(2,28)11-14-10-17(13-5-7-16(8-6-13)29-20(21,22)23)25-26(18(14)27)15-4-3-9-24-12-15/h3-10,12,28H,11H2,1-2H3. The highest BCUT2D eigenvalue weighted by Gasteiger charge is 2.31. The normalized spacial score (nSPS) is 12.1. The molecule has 0 saturated carbocycles. The van der Waals surface area contributed by atoms with Crippen LogP contribution in [-0.2, 0) is 6.42 Å². The summed E-state index contributed by atoms with van der Waals surface area (Å²) >= 11 is 0. The molecule has 0 fully saturated rings. The van der Waals surface area contributed by atoms with Gasteiger partial charge in [-0.15, -0.1) is 13.2 Å². The maximum Gasteiger partial charge on any atom is 0.573 e. The largest absolute Gasteiger partial charge is 0.573 e. The van der Waals surface area contributed by atoms with Crippen LogP contribution in [0.3, 0.4) is 0 Å². The lowest BCUT2D eigenvalue weighted by Crippen LogP contribution is -2.31. The molecule has 0 aliphatic carbocycles. The molecule has 0 radical (unpaired) electrons. The first kappa shape index (κ1) is 20.5. The van der Waals surface area contributed by atoms with Gasteiger partial charge in [0.25, 0.3) is 5.56 Å². The number of rotatable bonds is 5. The summed E-state index contributed by atoms with van der Waals surface area (Å²) in [5, 5.41) is 14.5. The summed E-state index contributed by atoms with van der Waals surface area (Å²) < 4.78 is 42.1. The van der Waals surface area contributed by atoms with Gasteiger partial charge in [0.1, 0.15) is 5.75 Å². The molecule has 0 bridgehead atoms. The smallest absolute Gasteiger partial charge is 0.406 e. The van der Waals surface area contributed by atoms with Crippen LogP contribution in [0, 0.1) is 0 Å². The highest BCUT2D eigenvalue weighted by molar-refractivity contribution is 5.60. The van der Waals surface area contributed by atoms with E-state index in [0.717, 1.165) is 4.68 Å². The summed E-state index contributed by atoms with van der Waals surface area (Å²) in [6.07, 6.45) is -1.70. The lowest BCUT2D eigenvalue weighted by Gasteiger charge is -2.18. The molecule has 29 heavy (non-hydrogen) atoms. The third-order valence-electron chi connectivity index (χ3n) is 3.88. The molecule has 2 heterocycles. The van der Waals surface area contributed by atoms with Gasteiger partial charge in [-0.3, -0.25) is 9.78 Å². The Hall–Kier alpha value is -3.20. The Kier molecular flexibility index (Phi) is 5.43. The molecule has 1 N–H and O–H groups in total. The summed E-state index contributed by atoms with van der Waals surface area (Å²) in [7, 11) is 0. The SMILES string of the molecule is CC(C)(O)Cc1cc(-c2ccc(OC(F)(F)F)cc2)nn(-c2cccnc2)c1=O. The fourth-order valence-corrected chi connectivity index (χ4v) is 2.76. The van der Waals surface area contributed by atoms with E-state index in [0.29, 0.717) is 22.5 Å². The molecular formula is C20H18F3N3O3. The van der Waals surface area contributed by atoms with Gasteiger partial charge in [0.05, 0.1) is 23.2 Å². The van der Waals surface area contributed by atoms with Gasteiger partial charge in [0, 0.05) is 23.7 Å². The number of pyridine rings is 1. The van der Waals surface area contributed by atoms with Crippen molar-refractivity contribution < 1.29 is 23.0 Å². The van der Waals surface area contributed by atoms with Crippen LogP contribution in [-0.4, -0.2) is 31.8 Å². The number of ether oxygens (including phenoxy) is 1. The third-order valence-corrected chi connectivity index (χ3v) is 3.88. The topological polar surface area (TPSA) is 77.2 Å². The second kappa shape index (κ2) is 7.67. The van der Waals surface area contributed by atoms with Crippen LogP contribution in [0.25, 0.3) is 16.9 Å². The average Bonchev–Trinajstić information content (AvgIpc) is 2.62. The van der Waals surface area contributed by atoms with E-state index < -0.39 is 17.5 Å². The predicted molar refractivity (Wildman–Crippen MR) is 99.7 cm³/mol. The number of halogens is 3. The van der Waals surface area contributed by atoms with Crippen molar-refractivity contribution in [3.05, 3.63) is 70.8 Å². The molecule has 2 aromatic heterocycles. The average molecular weight is 405 g/mol. The molecule has 152 valence electrons. The molecule has 0 saturated heterocycles. The highest BCUT2D eigenvalue weighted by Crippen LogP contribution is 2.26. The van der Waals surface area contributed by atoms with Crippen molar-refractivity contribution in [1.82, 2.24) is 14.8 Å². The molecule has 0 amide bonds. The van der Waals surface area contributed by atoms with E-state index in [4.69, 9.17) is 0 Å². The second-order valence-electron chi connectivity index (χ2n) is 7.04. The van der Waals surface area contributed by atoms with Crippen molar-refractivity contribution in [2.45, 2.75) is 32.2 Å². The van der Waals surface area contributed by atoms with E-state index in [2.05, 4.69) is 14.8 Å². The van der Waals surface area contributed by atoms with E-state index in [1.54, 1.807) is 32.2 Å². The lowest BCUT2D eigenvalue weighted by molar-refractivity contribution is -0.274. The number of nitrogens with zero attached hydrogens (tertiary/aromatic N) is 3. The molecule has 3 rings (SSSR count). The van der Waals surface area contributed by atoms with Crippen molar-refractivity contribution in [2.75, 3.05) is 0 Å². The molecule has 9 heteroatoms. The summed E-state index contributed by atoms with van der Waals surface area (Å²) in [6, 6.07) is 9.98. The van der Waals surface area contributed by atoms with Crippen molar-refractivity contribution in [1.29, 1.82) is 0 Å². The van der Waals surface area contributed by atoms with Gasteiger partial charge in [0.2, 0.25) is 0 Å². The molecule has 3 aromatic rings. The number of hydrogen-bond donors (Lipinski definition) is 1. The Morgan fingerprint density at radius 2 is 1.83 bits per heavy atom. The van der Waals surface area contributed by atoms with Gasteiger partial charge in [-0.2, -0.15) is 9.78 Å². The first-order valence-electron chi connectivity index (χ1n) is 8.64. The molecule has 1 aromatic carbocycles. The van der Waals surface area contributed by atoms with Crippen LogP contribution >= 0.6 is 0 Å². The van der Waals surface area contributed by atoms with Gasteiger partial charge in [-0.25, -0.2) is 0 Å². The van der Waals surface area contributed by atoms with Crippen LogP contribution in [0.4, 0.5) is 13.2 Å². The van der Waals surface area contributed by atoms with Crippen LogP contribution in [0.15, 0.2) is 59.7 Å². The van der Waals surface area contributed by atoms with Crippen molar-refractivity contribution >= 4 is 0 Å². The minimum absolute atomic E-state index is 0.0664. The molecule has 0 aliphatic rings. The lowest BCUT2D eigenvalue weighted by atomic mass is 9.98. The fourth-order valence-electron chi connectivity index (χ4n) is 2.76. The maximum absolute atomic E-state index is 12.9. The van der Waals surface area contributed by atoms with Gasteiger partial charge >= 0.3 is 6.36 Å². The van der Waals surface area contributed by atoms with Gasteiger partial charge in [-0.1, -0.05) is 0 Å². The number of aliphatic hydroxyl groups is 1. The van der Waals surface area contributed by atoms with E-state index >= 15 is 0 Å². The molecule has 0 unspecified atom stereocenters. The second-order valence-corrected chi connectivity index (χ2v) is 7.04. The number of alkyl halides is 3. The zero-order valence-corrected chi connectivity index (χ0v) is 15.6. The minimum Gasteiger partial charge on any atom is -0.406 e. The predicted octanol–water partition coefficient (Wildman–Crippen LogP) is 3.51. The summed E-state index contributed by atoms with van der Waals surface area (Å²) in [5.41, 5.74) is 0.00580. The Bertz CT molecular complexity index is 1040. The van der Waals surface area contributed by atoms with Crippen molar-refractivity contribution in [3.63, 3.8) is 0 Å². The number of aromatic nitrogens is 3. The Morgan fingerprint density at radius 3 is 2.38 bits per heavy atom. The zero-order chi connectivity index (χ0) is 21.2. The summed E-state index contributed by atoms with van der Waals surface area (Å²) in [4.78, 5) is 16.8. The van der Waals surface area contributed by atoms with E-state index in [1.165, 1.54) is 36.5 Å². The van der Waals surface area contributed by atoms with E-state index in [1.807, 2.05) is 0 Å². The first-order chi connectivity index (χ1) is 13.5. The first-order valence-corrected chi connectivity index (χ1v) is 8.64. The molecular weight excluding hydrogens is 387 g/mol. The van der Waals surface area contributed by atoms with Crippen LogP contribution in [0.2, 0.25) is 0 Å². The summed E-state index contributed by atoms with van der Waals surface area (Å²) in [6.45, 7) is 3.15. The highest BCUT2D eigenvalue weighted by atomic mass is 19.4. The molecule has 0 aliphatic heterocycles. The van der Waals surface area contributed by atoms with Crippen LogP contribution in [0.5, 0.6) is 5.75 Å². The van der Waals surface area contributed by atoms with Crippen molar-refractivity contribution in [2.24, 2.45) is 0 Å². The van der Waals surface area contributed by atoms with Crippen LogP contribution < -0.4 is 10.3 Å². The minimum atomic E-state index is -4.78.